The molecule has 4 nitrogen and oxygen atoms in total. The minimum absolute atomic E-state index is 0.0461. The van der Waals surface area contributed by atoms with E-state index in [1.54, 1.807) is 27.6 Å². The lowest BCUT2D eigenvalue weighted by Crippen LogP contribution is -2.07. The number of rotatable bonds is 5. The standard InChI is InChI=1S/C21H24O4/c1-13-10-16(6-7-18(13)23-4)20-14(2)17-11-15(8-9-22-3)12-19(24-5)21(17)25-20/h6-12,14,20H,1-5H3/b9-8+/t14-,20?/m0/s1. The van der Waals surface area contributed by atoms with Crippen LogP contribution in [0.25, 0.3) is 6.08 Å². The van der Waals surface area contributed by atoms with Crippen LogP contribution in [0.1, 0.15) is 41.2 Å². The van der Waals surface area contributed by atoms with E-state index in [4.69, 9.17) is 18.9 Å². The zero-order chi connectivity index (χ0) is 18.0. The maximum Gasteiger partial charge on any atom is 0.165 e. The molecule has 1 aliphatic heterocycles. The molecule has 0 aliphatic carbocycles. The summed E-state index contributed by atoms with van der Waals surface area (Å²) in [5.41, 5.74) is 4.41. The van der Waals surface area contributed by atoms with Gasteiger partial charge in [-0.2, -0.15) is 0 Å². The zero-order valence-corrected chi connectivity index (χ0v) is 15.3. The van der Waals surface area contributed by atoms with Crippen molar-refractivity contribution >= 4 is 6.08 Å². The molecule has 1 aliphatic rings. The maximum absolute atomic E-state index is 6.29. The van der Waals surface area contributed by atoms with E-state index in [1.165, 1.54) is 0 Å². The molecule has 3 rings (SSSR count). The molecule has 2 aromatic rings. The predicted octanol–water partition coefficient (Wildman–Crippen LogP) is 4.87. The van der Waals surface area contributed by atoms with Crippen LogP contribution in [-0.4, -0.2) is 21.3 Å². The molecule has 0 bridgehead atoms. The minimum Gasteiger partial charge on any atom is -0.504 e. The van der Waals surface area contributed by atoms with Gasteiger partial charge in [0.25, 0.3) is 0 Å². The number of ether oxygens (including phenoxy) is 4. The molecular formula is C21H24O4. The van der Waals surface area contributed by atoms with Gasteiger partial charge in [0.1, 0.15) is 11.9 Å². The number of aryl methyl sites for hydroxylation is 1. The fourth-order valence-electron chi connectivity index (χ4n) is 3.33. The maximum atomic E-state index is 6.29. The van der Waals surface area contributed by atoms with Crippen molar-refractivity contribution in [1.82, 2.24) is 0 Å². The highest BCUT2D eigenvalue weighted by molar-refractivity contribution is 5.61. The monoisotopic (exact) mass is 340 g/mol. The van der Waals surface area contributed by atoms with Crippen LogP contribution < -0.4 is 14.2 Å². The Kier molecular flexibility index (Phi) is 4.88. The van der Waals surface area contributed by atoms with Crippen molar-refractivity contribution in [3.63, 3.8) is 0 Å². The Hall–Kier alpha value is -2.62. The molecule has 0 spiro atoms. The normalized spacial score (nSPS) is 18.8. The average molecular weight is 340 g/mol. The van der Waals surface area contributed by atoms with Crippen molar-refractivity contribution in [3.05, 3.63) is 58.8 Å². The number of benzene rings is 2. The van der Waals surface area contributed by atoms with Gasteiger partial charge in [-0.05, 0) is 54.0 Å². The summed E-state index contributed by atoms with van der Waals surface area (Å²) < 4.78 is 22.2. The van der Waals surface area contributed by atoms with E-state index >= 15 is 0 Å². The van der Waals surface area contributed by atoms with Crippen LogP contribution in [0, 0.1) is 6.92 Å². The molecule has 2 atom stereocenters. The summed E-state index contributed by atoms with van der Waals surface area (Å²) in [6.45, 7) is 4.22. The Labute approximate surface area is 149 Å². The van der Waals surface area contributed by atoms with Crippen molar-refractivity contribution in [2.75, 3.05) is 21.3 Å². The fraction of sp³-hybridized carbons (Fsp3) is 0.333. The molecule has 0 radical (unpaired) electrons. The Morgan fingerprint density at radius 1 is 1.00 bits per heavy atom. The van der Waals surface area contributed by atoms with Crippen molar-refractivity contribution in [3.8, 4) is 17.2 Å². The number of fused-ring (bicyclic) bond motifs is 1. The molecule has 0 fully saturated rings. The summed E-state index contributed by atoms with van der Waals surface area (Å²) in [5, 5.41) is 0. The Balaban J connectivity index is 1.98. The second kappa shape index (κ2) is 7.09. The first-order chi connectivity index (χ1) is 12.1. The van der Waals surface area contributed by atoms with E-state index in [2.05, 4.69) is 25.1 Å². The van der Waals surface area contributed by atoms with Crippen molar-refractivity contribution in [2.24, 2.45) is 0 Å². The van der Waals surface area contributed by atoms with Gasteiger partial charge >= 0.3 is 0 Å². The highest BCUT2D eigenvalue weighted by atomic mass is 16.5. The molecule has 0 N–H and O–H groups in total. The Bertz CT molecular complexity index is 795. The second-order valence-electron chi connectivity index (χ2n) is 6.24. The number of hydrogen-bond acceptors (Lipinski definition) is 4. The SMILES string of the molecule is CO/C=C/c1cc(OC)c2c(c1)[C@H](C)C(c1ccc(OC)c(C)c1)O2. The predicted molar refractivity (Wildman–Crippen MR) is 98.6 cm³/mol. The molecule has 0 amide bonds. The molecule has 0 saturated heterocycles. The zero-order valence-electron chi connectivity index (χ0n) is 15.3. The van der Waals surface area contributed by atoms with Gasteiger partial charge < -0.3 is 18.9 Å². The van der Waals surface area contributed by atoms with Gasteiger partial charge in [0.15, 0.2) is 11.5 Å². The highest BCUT2D eigenvalue weighted by Crippen LogP contribution is 2.51. The van der Waals surface area contributed by atoms with E-state index in [-0.39, 0.29) is 12.0 Å². The fourth-order valence-corrected chi connectivity index (χ4v) is 3.33. The van der Waals surface area contributed by atoms with Gasteiger partial charge in [-0.1, -0.05) is 13.0 Å². The first-order valence-corrected chi connectivity index (χ1v) is 8.31. The van der Waals surface area contributed by atoms with Crippen LogP contribution in [-0.2, 0) is 4.74 Å². The molecule has 0 saturated carbocycles. The molecular weight excluding hydrogens is 316 g/mol. The smallest absolute Gasteiger partial charge is 0.165 e. The lowest BCUT2D eigenvalue weighted by atomic mass is 9.91. The Morgan fingerprint density at radius 2 is 1.76 bits per heavy atom. The van der Waals surface area contributed by atoms with Crippen molar-refractivity contribution in [1.29, 1.82) is 0 Å². The average Bonchev–Trinajstić information content (AvgIpc) is 2.96. The third-order valence-corrected chi connectivity index (χ3v) is 4.66. The van der Waals surface area contributed by atoms with Crippen molar-refractivity contribution in [2.45, 2.75) is 25.9 Å². The lowest BCUT2D eigenvalue weighted by Gasteiger charge is -2.17. The third kappa shape index (κ3) is 3.16. The van der Waals surface area contributed by atoms with E-state index < -0.39 is 0 Å². The largest absolute Gasteiger partial charge is 0.504 e. The van der Waals surface area contributed by atoms with Crippen LogP contribution in [0.3, 0.4) is 0 Å². The number of methoxy groups -OCH3 is 3. The van der Waals surface area contributed by atoms with Crippen LogP contribution in [0.5, 0.6) is 17.2 Å². The first-order valence-electron chi connectivity index (χ1n) is 8.31. The van der Waals surface area contributed by atoms with Crippen LogP contribution in [0.15, 0.2) is 36.6 Å². The summed E-state index contributed by atoms with van der Waals surface area (Å²) in [6, 6.07) is 10.3. The second-order valence-corrected chi connectivity index (χ2v) is 6.24. The molecule has 2 aromatic carbocycles. The summed E-state index contributed by atoms with van der Waals surface area (Å²) in [7, 11) is 4.99. The van der Waals surface area contributed by atoms with E-state index in [0.717, 1.165) is 39.5 Å². The van der Waals surface area contributed by atoms with Crippen LogP contribution >= 0.6 is 0 Å². The molecule has 25 heavy (non-hydrogen) atoms. The first kappa shape index (κ1) is 17.2. The van der Waals surface area contributed by atoms with Crippen LogP contribution in [0.2, 0.25) is 0 Å². The van der Waals surface area contributed by atoms with Gasteiger partial charge in [-0.3, -0.25) is 0 Å². The molecule has 1 heterocycles. The molecule has 0 aromatic heterocycles. The highest BCUT2D eigenvalue weighted by Gasteiger charge is 2.35. The minimum atomic E-state index is -0.0461. The van der Waals surface area contributed by atoms with Crippen molar-refractivity contribution < 1.29 is 18.9 Å². The Morgan fingerprint density at radius 3 is 2.40 bits per heavy atom. The van der Waals surface area contributed by atoms with E-state index in [0.29, 0.717) is 0 Å². The summed E-state index contributed by atoms with van der Waals surface area (Å²) >= 11 is 0. The van der Waals surface area contributed by atoms with Gasteiger partial charge in [0.05, 0.1) is 27.6 Å². The molecule has 132 valence electrons. The van der Waals surface area contributed by atoms with Gasteiger partial charge in [-0.15, -0.1) is 0 Å². The van der Waals surface area contributed by atoms with Crippen LogP contribution in [0.4, 0.5) is 0 Å². The summed E-state index contributed by atoms with van der Waals surface area (Å²) in [4.78, 5) is 0. The molecule has 4 heteroatoms. The lowest BCUT2D eigenvalue weighted by molar-refractivity contribution is 0.208. The van der Waals surface area contributed by atoms with E-state index in [1.807, 2.05) is 25.1 Å². The quantitative estimate of drug-likeness (QED) is 0.728. The van der Waals surface area contributed by atoms with Gasteiger partial charge in [0.2, 0.25) is 0 Å². The summed E-state index contributed by atoms with van der Waals surface area (Å²) in [6.07, 6.45) is 3.53. The third-order valence-electron chi connectivity index (χ3n) is 4.66. The summed E-state index contributed by atoms with van der Waals surface area (Å²) in [5.74, 6) is 2.67. The topological polar surface area (TPSA) is 36.9 Å². The van der Waals surface area contributed by atoms with Gasteiger partial charge in [0, 0.05) is 11.5 Å². The van der Waals surface area contributed by atoms with Gasteiger partial charge in [-0.25, -0.2) is 0 Å². The van der Waals surface area contributed by atoms with E-state index in [9.17, 15) is 0 Å². The molecule has 1 unspecified atom stereocenters. The number of hydrogen-bond donors (Lipinski definition) is 0.